The number of phenols is 1. The lowest BCUT2D eigenvalue weighted by Gasteiger charge is -2.16. The van der Waals surface area contributed by atoms with E-state index in [2.05, 4.69) is 5.32 Å². The van der Waals surface area contributed by atoms with Crippen molar-refractivity contribution in [3.05, 3.63) is 22.7 Å². The van der Waals surface area contributed by atoms with Gasteiger partial charge in [-0.3, -0.25) is 0 Å². The van der Waals surface area contributed by atoms with E-state index < -0.39 is 0 Å². The Morgan fingerprint density at radius 3 is 2.67 bits per heavy atom. The number of hydrogen-bond acceptors (Lipinski definition) is 5. The van der Waals surface area contributed by atoms with Gasteiger partial charge in [0, 0.05) is 30.3 Å². The van der Waals surface area contributed by atoms with Crippen molar-refractivity contribution in [1.29, 1.82) is 0 Å². The molecular formula is C12H18ClNO4. The number of ether oxygens (including phenoxy) is 2. The Morgan fingerprint density at radius 1 is 1.39 bits per heavy atom. The summed E-state index contributed by atoms with van der Waals surface area (Å²) in [6.45, 7) is 0.693. The molecule has 0 radical (unpaired) electrons. The predicted octanol–water partition coefficient (Wildman–Crippen LogP) is 1.15. The van der Waals surface area contributed by atoms with Gasteiger partial charge in [0.2, 0.25) is 0 Å². The molecule has 0 aliphatic rings. The van der Waals surface area contributed by atoms with Crippen LogP contribution in [0.5, 0.6) is 11.5 Å². The molecule has 0 heterocycles. The van der Waals surface area contributed by atoms with E-state index in [1.165, 1.54) is 7.11 Å². The maximum Gasteiger partial charge on any atom is 0.162 e. The topological polar surface area (TPSA) is 71.0 Å². The van der Waals surface area contributed by atoms with E-state index in [0.717, 1.165) is 0 Å². The lowest BCUT2D eigenvalue weighted by molar-refractivity contribution is 0.128. The van der Waals surface area contributed by atoms with Crippen LogP contribution >= 0.6 is 11.6 Å². The highest BCUT2D eigenvalue weighted by Gasteiger charge is 2.12. The molecule has 1 rings (SSSR count). The summed E-state index contributed by atoms with van der Waals surface area (Å²) in [4.78, 5) is 0. The summed E-state index contributed by atoms with van der Waals surface area (Å²) < 4.78 is 9.96. The number of halogens is 1. The minimum atomic E-state index is -0.195. The number of aliphatic hydroxyl groups excluding tert-OH is 1. The van der Waals surface area contributed by atoms with Crippen LogP contribution in [0.15, 0.2) is 12.1 Å². The van der Waals surface area contributed by atoms with Crippen molar-refractivity contribution >= 4 is 11.6 Å². The van der Waals surface area contributed by atoms with Gasteiger partial charge >= 0.3 is 0 Å². The molecule has 0 amide bonds. The quantitative estimate of drug-likeness (QED) is 0.696. The summed E-state index contributed by atoms with van der Waals surface area (Å²) in [5.41, 5.74) is 0.605. The summed E-state index contributed by atoms with van der Waals surface area (Å²) in [6, 6.07) is 2.99. The van der Waals surface area contributed by atoms with Crippen LogP contribution in [0.4, 0.5) is 0 Å². The Bertz CT molecular complexity index is 387. The van der Waals surface area contributed by atoms with E-state index >= 15 is 0 Å². The molecule has 5 nitrogen and oxygen atoms in total. The van der Waals surface area contributed by atoms with Gasteiger partial charge in [0.05, 0.1) is 26.4 Å². The normalized spacial score (nSPS) is 12.4. The average molecular weight is 276 g/mol. The third-order valence-corrected chi connectivity index (χ3v) is 2.73. The van der Waals surface area contributed by atoms with E-state index in [1.807, 2.05) is 0 Å². The van der Waals surface area contributed by atoms with Crippen molar-refractivity contribution in [2.75, 3.05) is 27.4 Å². The highest BCUT2D eigenvalue weighted by molar-refractivity contribution is 6.30. The molecule has 0 fully saturated rings. The fraction of sp³-hybridized carbons (Fsp3) is 0.500. The number of phenolic OH excluding ortho intramolecular Hbond substituents is 1. The number of aliphatic hydroxyl groups is 1. The van der Waals surface area contributed by atoms with Gasteiger partial charge in [0.25, 0.3) is 0 Å². The molecule has 0 bridgehead atoms. The molecule has 18 heavy (non-hydrogen) atoms. The molecule has 1 unspecified atom stereocenters. The molecule has 0 aliphatic heterocycles. The molecule has 0 aliphatic carbocycles. The second-order valence-electron chi connectivity index (χ2n) is 3.83. The van der Waals surface area contributed by atoms with Crippen LogP contribution in [0.25, 0.3) is 0 Å². The van der Waals surface area contributed by atoms with E-state index in [-0.39, 0.29) is 18.4 Å². The lowest BCUT2D eigenvalue weighted by Crippen LogP contribution is -2.35. The Kier molecular flexibility index (Phi) is 6.21. The van der Waals surface area contributed by atoms with Gasteiger partial charge < -0.3 is 25.0 Å². The van der Waals surface area contributed by atoms with Gasteiger partial charge in [0.1, 0.15) is 0 Å². The summed E-state index contributed by atoms with van der Waals surface area (Å²) >= 11 is 5.92. The van der Waals surface area contributed by atoms with E-state index in [1.54, 1.807) is 19.2 Å². The molecule has 0 spiro atoms. The number of nitrogens with one attached hydrogen (secondary N) is 1. The zero-order valence-electron chi connectivity index (χ0n) is 10.4. The van der Waals surface area contributed by atoms with Crippen molar-refractivity contribution in [2.45, 2.75) is 12.6 Å². The van der Waals surface area contributed by atoms with Crippen molar-refractivity contribution in [1.82, 2.24) is 5.32 Å². The standard InChI is InChI=1S/C12H18ClNO4/c1-17-7-10(6-15)14-5-8-3-9(13)4-11(18-2)12(8)16/h3-4,10,14-16H,5-7H2,1-2H3. The Morgan fingerprint density at radius 2 is 2.11 bits per heavy atom. The van der Waals surface area contributed by atoms with Crippen LogP contribution in [0.1, 0.15) is 5.56 Å². The van der Waals surface area contributed by atoms with E-state index in [0.29, 0.717) is 29.5 Å². The number of methoxy groups -OCH3 is 2. The first-order valence-corrected chi connectivity index (χ1v) is 5.88. The third-order valence-electron chi connectivity index (χ3n) is 2.51. The summed E-state index contributed by atoms with van der Waals surface area (Å²) in [5, 5.41) is 22.6. The van der Waals surface area contributed by atoms with Gasteiger partial charge in [-0.15, -0.1) is 0 Å². The smallest absolute Gasteiger partial charge is 0.162 e. The van der Waals surface area contributed by atoms with Crippen molar-refractivity contribution in [3.63, 3.8) is 0 Å². The largest absolute Gasteiger partial charge is 0.504 e. The SMILES string of the molecule is COCC(CO)NCc1cc(Cl)cc(OC)c1O. The molecule has 0 aromatic heterocycles. The van der Waals surface area contributed by atoms with Crippen molar-refractivity contribution in [2.24, 2.45) is 0 Å². The van der Waals surface area contributed by atoms with Crippen molar-refractivity contribution in [3.8, 4) is 11.5 Å². The Hall–Kier alpha value is -1.01. The van der Waals surface area contributed by atoms with Gasteiger partial charge in [0.15, 0.2) is 11.5 Å². The lowest BCUT2D eigenvalue weighted by atomic mass is 10.1. The van der Waals surface area contributed by atoms with Crippen LogP contribution in [0, 0.1) is 0 Å². The zero-order valence-corrected chi connectivity index (χ0v) is 11.2. The fourth-order valence-corrected chi connectivity index (χ4v) is 1.78. The fourth-order valence-electron chi connectivity index (χ4n) is 1.55. The molecular weight excluding hydrogens is 258 g/mol. The second kappa shape index (κ2) is 7.43. The maximum absolute atomic E-state index is 9.91. The van der Waals surface area contributed by atoms with Crippen molar-refractivity contribution < 1.29 is 19.7 Å². The second-order valence-corrected chi connectivity index (χ2v) is 4.27. The predicted molar refractivity (Wildman–Crippen MR) is 69.3 cm³/mol. The first-order chi connectivity index (χ1) is 8.62. The average Bonchev–Trinajstić information content (AvgIpc) is 2.37. The van der Waals surface area contributed by atoms with E-state index in [4.69, 9.17) is 26.2 Å². The maximum atomic E-state index is 9.91. The molecule has 6 heteroatoms. The Labute approximate surface area is 111 Å². The molecule has 0 saturated carbocycles. The molecule has 3 N–H and O–H groups in total. The number of hydrogen-bond donors (Lipinski definition) is 3. The van der Waals surface area contributed by atoms with Crippen LogP contribution < -0.4 is 10.1 Å². The zero-order chi connectivity index (χ0) is 13.5. The summed E-state index contributed by atoms with van der Waals surface area (Å²) in [6.07, 6.45) is 0. The monoisotopic (exact) mass is 275 g/mol. The van der Waals surface area contributed by atoms with Crippen LogP contribution in [-0.4, -0.2) is 43.7 Å². The number of benzene rings is 1. The van der Waals surface area contributed by atoms with Crippen LogP contribution in [0.2, 0.25) is 5.02 Å². The highest BCUT2D eigenvalue weighted by Crippen LogP contribution is 2.33. The number of rotatable bonds is 7. The van der Waals surface area contributed by atoms with Gasteiger partial charge in [-0.1, -0.05) is 11.6 Å². The van der Waals surface area contributed by atoms with Gasteiger partial charge in [-0.05, 0) is 6.07 Å². The van der Waals surface area contributed by atoms with Crippen LogP contribution in [0.3, 0.4) is 0 Å². The van der Waals surface area contributed by atoms with E-state index in [9.17, 15) is 5.11 Å². The van der Waals surface area contributed by atoms with Crippen LogP contribution in [-0.2, 0) is 11.3 Å². The number of aromatic hydroxyl groups is 1. The van der Waals surface area contributed by atoms with Gasteiger partial charge in [-0.25, -0.2) is 0 Å². The minimum Gasteiger partial charge on any atom is -0.504 e. The first-order valence-electron chi connectivity index (χ1n) is 5.51. The highest BCUT2D eigenvalue weighted by atomic mass is 35.5. The third kappa shape index (κ3) is 4.03. The molecule has 102 valence electrons. The summed E-state index contributed by atoms with van der Waals surface area (Å²) in [5.74, 6) is 0.370. The molecule has 1 atom stereocenters. The molecule has 1 aromatic rings. The minimum absolute atomic E-state index is 0.0449. The molecule has 0 saturated heterocycles. The Balaban J connectivity index is 2.74. The first kappa shape index (κ1) is 15.0. The summed E-state index contributed by atoms with van der Waals surface area (Å²) in [7, 11) is 3.02. The molecule has 1 aromatic carbocycles. The van der Waals surface area contributed by atoms with Gasteiger partial charge in [-0.2, -0.15) is 0 Å².